The lowest BCUT2D eigenvalue weighted by molar-refractivity contribution is -0.0883. The lowest BCUT2D eigenvalue weighted by Crippen LogP contribution is -2.52. The summed E-state index contributed by atoms with van der Waals surface area (Å²) in [5, 5.41) is 20.2. The summed E-state index contributed by atoms with van der Waals surface area (Å²) >= 11 is 0. The molecule has 0 bridgehead atoms. The predicted molar refractivity (Wildman–Crippen MR) is 93.8 cm³/mol. The van der Waals surface area contributed by atoms with Crippen molar-refractivity contribution in [2.24, 2.45) is 40.2 Å². The van der Waals surface area contributed by atoms with Crippen LogP contribution >= 0.6 is 0 Å². The van der Waals surface area contributed by atoms with Gasteiger partial charge in [0.2, 0.25) is 0 Å². The van der Waals surface area contributed by atoms with Crippen LogP contribution in [0.3, 0.4) is 0 Å². The summed E-state index contributed by atoms with van der Waals surface area (Å²) in [5.41, 5.74) is 7.90. The van der Waals surface area contributed by atoms with Gasteiger partial charge in [0.25, 0.3) is 0 Å². The van der Waals surface area contributed by atoms with E-state index in [0.717, 1.165) is 32.1 Å². The number of rotatable bonds is 3. The second-order valence-corrected chi connectivity index (χ2v) is 9.08. The number of hydrogen-bond acceptors (Lipinski definition) is 3. The SMILES string of the molecule is C=C1CCC2C(CO)C(C3(C)CCC(N)CC3CO)CCC12C. The third kappa shape index (κ3) is 2.60. The van der Waals surface area contributed by atoms with E-state index in [0.29, 0.717) is 17.8 Å². The Bertz CT molecular complexity index is 465. The molecule has 132 valence electrons. The molecule has 7 atom stereocenters. The van der Waals surface area contributed by atoms with Gasteiger partial charge in [0, 0.05) is 19.3 Å². The maximum Gasteiger partial charge on any atom is 0.0465 e. The Balaban J connectivity index is 1.89. The van der Waals surface area contributed by atoms with E-state index in [9.17, 15) is 10.2 Å². The van der Waals surface area contributed by atoms with E-state index >= 15 is 0 Å². The Labute approximate surface area is 141 Å². The lowest BCUT2D eigenvalue weighted by Gasteiger charge is -2.56. The number of aliphatic hydroxyl groups excluding tert-OH is 2. The Morgan fingerprint density at radius 2 is 1.83 bits per heavy atom. The van der Waals surface area contributed by atoms with Crippen molar-refractivity contribution in [3.8, 4) is 0 Å². The highest BCUT2D eigenvalue weighted by atomic mass is 16.3. The van der Waals surface area contributed by atoms with Crippen LogP contribution < -0.4 is 5.73 Å². The Hall–Kier alpha value is -0.380. The third-order valence-electron chi connectivity index (χ3n) is 8.24. The molecule has 23 heavy (non-hydrogen) atoms. The molecule has 0 aromatic carbocycles. The third-order valence-corrected chi connectivity index (χ3v) is 8.24. The fourth-order valence-corrected chi connectivity index (χ4v) is 6.49. The maximum atomic E-state index is 10.2. The summed E-state index contributed by atoms with van der Waals surface area (Å²) in [6, 6.07) is 0.230. The molecule has 3 heteroatoms. The van der Waals surface area contributed by atoms with Crippen molar-refractivity contribution in [1.82, 2.24) is 0 Å². The average molecular weight is 322 g/mol. The molecule has 3 saturated carbocycles. The van der Waals surface area contributed by atoms with Crippen LogP contribution in [0.15, 0.2) is 12.2 Å². The van der Waals surface area contributed by atoms with Crippen molar-refractivity contribution in [3.63, 3.8) is 0 Å². The molecule has 3 nitrogen and oxygen atoms in total. The molecule has 3 aliphatic rings. The molecule has 0 spiro atoms. The highest BCUT2D eigenvalue weighted by Crippen LogP contribution is 2.63. The molecule has 0 heterocycles. The monoisotopic (exact) mass is 321 g/mol. The van der Waals surface area contributed by atoms with Crippen LogP contribution in [0.25, 0.3) is 0 Å². The van der Waals surface area contributed by atoms with Crippen molar-refractivity contribution < 1.29 is 10.2 Å². The average Bonchev–Trinajstić information content (AvgIpc) is 2.84. The van der Waals surface area contributed by atoms with Crippen LogP contribution in [-0.4, -0.2) is 29.5 Å². The maximum absolute atomic E-state index is 10.2. The summed E-state index contributed by atoms with van der Waals surface area (Å²) in [6.45, 7) is 9.57. The van der Waals surface area contributed by atoms with E-state index in [1.807, 2.05) is 0 Å². The van der Waals surface area contributed by atoms with Gasteiger partial charge in [0.1, 0.15) is 0 Å². The van der Waals surface area contributed by atoms with Crippen molar-refractivity contribution in [2.45, 2.75) is 64.8 Å². The molecule has 0 saturated heterocycles. The van der Waals surface area contributed by atoms with Crippen LogP contribution in [0.1, 0.15) is 58.8 Å². The molecule has 3 rings (SSSR count). The molecule has 0 amide bonds. The number of fused-ring (bicyclic) bond motifs is 1. The first-order chi connectivity index (χ1) is 10.9. The standard InChI is InChI=1S/C20H35NO2/c1-13-4-5-17-16(12-23)18(7-9-19(13,17)2)20(3)8-6-15(21)10-14(20)11-22/h14-18,22-23H,1,4-12,21H2,2-3H3. The molecule has 0 aromatic heterocycles. The van der Waals surface area contributed by atoms with Crippen molar-refractivity contribution >= 4 is 0 Å². The largest absolute Gasteiger partial charge is 0.396 e. The van der Waals surface area contributed by atoms with Crippen molar-refractivity contribution in [2.75, 3.05) is 13.2 Å². The Kier molecular flexibility index (Phi) is 4.67. The van der Waals surface area contributed by atoms with Gasteiger partial charge in [-0.25, -0.2) is 0 Å². The summed E-state index contributed by atoms with van der Waals surface area (Å²) in [6.07, 6.45) is 7.71. The molecule has 0 radical (unpaired) electrons. The van der Waals surface area contributed by atoms with Crippen LogP contribution in [0.5, 0.6) is 0 Å². The minimum atomic E-state index is 0.114. The van der Waals surface area contributed by atoms with Gasteiger partial charge in [-0.05, 0) is 79.4 Å². The van der Waals surface area contributed by atoms with Gasteiger partial charge < -0.3 is 15.9 Å². The minimum Gasteiger partial charge on any atom is -0.396 e. The van der Waals surface area contributed by atoms with E-state index in [4.69, 9.17) is 5.73 Å². The fourth-order valence-electron chi connectivity index (χ4n) is 6.49. The zero-order chi connectivity index (χ0) is 16.8. The lowest BCUT2D eigenvalue weighted by atomic mass is 9.49. The van der Waals surface area contributed by atoms with Gasteiger partial charge in [-0.1, -0.05) is 26.0 Å². The number of nitrogens with two attached hydrogens (primary N) is 1. The van der Waals surface area contributed by atoms with Gasteiger partial charge >= 0.3 is 0 Å². The first-order valence-corrected chi connectivity index (χ1v) is 9.52. The second-order valence-electron chi connectivity index (χ2n) is 9.08. The molecular formula is C20H35NO2. The molecule has 0 aliphatic heterocycles. The van der Waals surface area contributed by atoms with Gasteiger partial charge in [0.05, 0.1) is 0 Å². The number of hydrogen-bond donors (Lipinski definition) is 3. The van der Waals surface area contributed by atoms with E-state index < -0.39 is 0 Å². The number of aliphatic hydroxyl groups is 2. The van der Waals surface area contributed by atoms with Gasteiger partial charge in [-0.15, -0.1) is 0 Å². The molecular weight excluding hydrogens is 286 g/mol. The quantitative estimate of drug-likeness (QED) is 0.700. The van der Waals surface area contributed by atoms with E-state index in [1.165, 1.54) is 18.4 Å². The van der Waals surface area contributed by atoms with Gasteiger partial charge in [-0.2, -0.15) is 0 Å². The summed E-state index contributed by atoms with van der Waals surface area (Å²) in [4.78, 5) is 0. The first kappa shape index (κ1) is 17.4. The van der Waals surface area contributed by atoms with E-state index in [1.54, 1.807) is 0 Å². The van der Waals surface area contributed by atoms with E-state index in [2.05, 4.69) is 20.4 Å². The molecule has 4 N–H and O–H groups in total. The van der Waals surface area contributed by atoms with Crippen LogP contribution in [-0.2, 0) is 0 Å². The Morgan fingerprint density at radius 3 is 2.48 bits per heavy atom. The number of allylic oxidation sites excluding steroid dienone is 1. The van der Waals surface area contributed by atoms with Crippen molar-refractivity contribution in [3.05, 3.63) is 12.2 Å². The molecule has 0 aromatic rings. The van der Waals surface area contributed by atoms with Gasteiger partial charge in [-0.3, -0.25) is 0 Å². The topological polar surface area (TPSA) is 66.5 Å². The van der Waals surface area contributed by atoms with Crippen LogP contribution in [0.2, 0.25) is 0 Å². The zero-order valence-electron chi connectivity index (χ0n) is 14.9. The minimum absolute atomic E-state index is 0.114. The summed E-state index contributed by atoms with van der Waals surface area (Å²) in [5.74, 6) is 1.69. The van der Waals surface area contributed by atoms with Crippen LogP contribution in [0, 0.1) is 34.5 Å². The first-order valence-electron chi connectivity index (χ1n) is 9.52. The highest BCUT2D eigenvalue weighted by molar-refractivity contribution is 5.20. The van der Waals surface area contributed by atoms with Crippen molar-refractivity contribution in [1.29, 1.82) is 0 Å². The highest BCUT2D eigenvalue weighted by Gasteiger charge is 2.56. The summed E-state index contributed by atoms with van der Waals surface area (Å²) < 4.78 is 0. The predicted octanol–water partition coefficient (Wildman–Crippen LogP) is 3.10. The smallest absolute Gasteiger partial charge is 0.0465 e. The van der Waals surface area contributed by atoms with Crippen LogP contribution in [0.4, 0.5) is 0 Å². The zero-order valence-corrected chi connectivity index (χ0v) is 14.9. The molecule has 3 fully saturated rings. The summed E-state index contributed by atoms with van der Waals surface area (Å²) in [7, 11) is 0. The van der Waals surface area contributed by atoms with E-state index in [-0.39, 0.29) is 36.0 Å². The Morgan fingerprint density at radius 1 is 1.09 bits per heavy atom. The second kappa shape index (κ2) is 6.16. The fraction of sp³-hybridized carbons (Fsp3) is 0.900. The normalized spacial score (nSPS) is 50.8. The molecule has 7 unspecified atom stereocenters. The molecule has 3 aliphatic carbocycles. The van der Waals surface area contributed by atoms with Gasteiger partial charge in [0.15, 0.2) is 0 Å².